The lowest BCUT2D eigenvalue weighted by Gasteiger charge is -2.42. The minimum Gasteiger partial charge on any atom is -0.316 e. The summed E-state index contributed by atoms with van der Waals surface area (Å²) in [6.07, 6.45) is 0.865. The van der Waals surface area contributed by atoms with Crippen molar-refractivity contribution >= 4 is 43.8 Å². The maximum Gasteiger partial charge on any atom is 0.237 e. The molecule has 192 valence electrons. The van der Waals surface area contributed by atoms with E-state index in [0.29, 0.717) is 0 Å². The summed E-state index contributed by atoms with van der Waals surface area (Å²) in [5.41, 5.74) is 4.99. The molecule has 3 aromatic carbocycles. The third-order valence-electron chi connectivity index (χ3n) is 7.12. The molecular weight excluding hydrogens is 507 g/mol. The van der Waals surface area contributed by atoms with E-state index in [1.807, 2.05) is 66.7 Å². The minimum atomic E-state index is -0.415. The van der Waals surface area contributed by atoms with Crippen LogP contribution in [-0.2, 0) is 16.8 Å². The van der Waals surface area contributed by atoms with Gasteiger partial charge in [0.15, 0.2) is 0 Å². The van der Waals surface area contributed by atoms with E-state index in [9.17, 15) is 4.79 Å². The van der Waals surface area contributed by atoms with Gasteiger partial charge in [0, 0.05) is 21.5 Å². The van der Waals surface area contributed by atoms with Crippen molar-refractivity contribution in [2.75, 3.05) is 5.32 Å². The average Bonchev–Trinajstić information content (AvgIpc) is 3.45. The number of thiazole rings is 1. The highest BCUT2D eigenvalue weighted by atomic mass is 32.1. The van der Waals surface area contributed by atoms with Gasteiger partial charge in [0.25, 0.3) is 0 Å². The van der Waals surface area contributed by atoms with E-state index in [4.69, 9.17) is 4.98 Å². The summed E-state index contributed by atoms with van der Waals surface area (Å²) in [6.45, 7) is 8.95. The Labute approximate surface area is 231 Å². The molecule has 0 spiro atoms. The molecule has 2 aromatic heterocycles. The smallest absolute Gasteiger partial charge is 0.237 e. The normalized spacial score (nSPS) is 15.9. The predicted molar refractivity (Wildman–Crippen MR) is 160 cm³/mol. The van der Waals surface area contributed by atoms with E-state index >= 15 is 0 Å². The molecule has 0 saturated carbocycles. The fourth-order valence-electron chi connectivity index (χ4n) is 5.79. The van der Waals surface area contributed by atoms with Gasteiger partial charge in [0.05, 0.1) is 16.1 Å². The number of fused-ring (bicyclic) bond motifs is 2. The molecule has 5 aromatic rings. The summed E-state index contributed by atoms with van der Waals surface area (Å²) in [4.78, 5) is 20.4. The molecule has 6 heteroatoms. The van der Waals surface area contributed by atoms with Crippen LogP contribution < -0.4 is 10.6 Å². The summed E-state index contributed by atoms with van der Waals surface area (Å²) in [5.74, 6) is -0.448. The summed E-state index contributed by atoms with van der Waals surface area (Å²) >= 11 is 3.38. The number of carbonyl (C=O) groups excluding carboxylic acids is 1. The largest absolute Gasteiger partial charge is 0.316 e. The lowest BCUT2D eigenvalue weighted by molar-refractivity contribution is -0.116. The van der Waals surface area contributed by atoms with Crippen LogP contribution in [0.2, 0.25) is 0 Å². The number of aromatic nitrogens is 1. The first kappa shape index (κ1) is 25.0. The Morgan fingerprint density at radius 2 is 1.47 bits per heavy atom. The van der Waals surface area contributed by atoms with Crippen molar-refractivity contribution in [1.29, 1.82) is 0 Å². The van der Waals surface area contributed by atoms with E-state index in [-0.39, 0.29) is 17.0 Å². The molecule has 0 fully saturated rings. The minimum absolute atomic E-state index is 0.0339. The average molecular weight is 538 g/mol. The zero-order valence-corrected chi connectivity index (χ0v) is 23.7. The van der Waals surface area contributed by atoms with Crippen LogP contribution in [0.5, 0.6) is 0 Å². The number of rotatable bonds is 5. The van der Waals surface area contributed by atoms with Gasteiger partial charge in [-0.25, -0.2) is 4.98 Å². The van der Waals surface area contributed by atoms with Gasteiger partial charge < -0.3 is 10.6 Å². The predicted octanol–water partition coefficient (Wildman–Crippen LogP) is 7.95. The van der Waals surface area contributed by atoms with Crippen molar-refractivity contribution in [3.05, 3.63) is 106 Å². The van der Waals surface area contributed by atoms with Crippen LogP contribution in [0.15, 0.2) is 84.9 Å². The summed E-state index contributed by atoms with van der Waals surface area (Å²) < 4.78 is 1.15. The van der Waals surface area contributed by atoms with E-state index in [2.05, 4.69) is 56.5 Å². The van der Waals surface area contributed by atoms with Gasteiger partial charge in [-0.3, -0.25) is 4.79 Å². The van der Waals surface area contributed by atoms with Crippen LogP contribution in [-0.4, -0.2) is 16.4 Å². The maximum atomic E-state index is 14.1. The van der Waals surface area contributed by atoms with Crippen LogP contribution in [0.3, 0.4) is 0 Å². The second kappa shape index (κ2) is 9.45. The number of nitrogens with one attached hydrogen (secondary N) is 2. The second-order valence-electron chi connectivity index (χ2n) is 11.2. The van der Waals surface area contributed by atoms with Crippen LogP contribution in [0.25, 0.3) is 20.8 Å². The third-order valence-corrected chi connectivity index (χ3v) is 9.64. The molecular formula is C32H31N3OS2. The molecule has 0 atom stereocenters. The number of nitrogens with zero attached hydrogens (tertiary/aromatic N) is 1. The number of para-hydroxylation sites is 1. The number of benzene rings is 3. The second-order valence-corrected chi connectivity index (χ2v) is 13.2. The highest BCUT2D eigenvalue weighted by molar-refractivity contribution is 7.23. The fourth-order valence-corrected chi connectivity index (χ4v) is 8.18. The highest BCUT2D eigenvalue weighted by Gasteiger charge is 2.41. The number of hydrogen-bond donors (Lipinski definition) is 2. The molecule has 1 aliphatic heterocycles. The first-order valence-electron chi connectivity index (χ1n) is 12.9. The highest BCUT2D eigenvalue weighted by Crippen LogP contribution is 2.50. The van der Waals surface area contributed by atoms with Crippen molar-refractivity contribution < 1.29 is 4.79 Å². The SMILES string of the molecule is CC1(C)Cc2c(sc(NC(=O)C(c3ccccc3)c3ccccc3)c2-c2nc3ccccc3s2)C(C)(C)N1. The lowest BCUT2D eigenvalue weighted by atomic mass is 9.81. The zero-order chi connectivity index (χ0) is 26.5. The van der Waals surface area contributed by atoms with Crippen LogP contribution in [0, 0.1) is 0 Å². The summed E-state index contributed by atoms with van der Waals surface area (Å²) in [7, 11) is 0. The van der Waals surface area contributed by atoms with Crippen LogP contribution >= 0.6 is 22.7 Å². The molecule has 0 radical (unpaired) electrons. The summed E-state index contributed by atoms with van der Waals surface area (Å²) in [5, 5.41) is 9.05. The van der Waals surface area contributed by atoms with Gasteiger partial charge in [-0.2, -0.15) is 0 Å². The molecule has 0 bridgehead atoms. The van der Waals surface area contributed by atoms with Gasteiger partial charge in [-0.05, 0) is 62.9 Å². The molecule has 3 heterocycles. The Balaban J connectivity index is 1.50. The van der Waals surface area contributed by atoms with Gasteiger partial charge in [0.1, 0.15) is 10.0 Å². The van der Waals surface area contributed by atoms with Crippen molar-refractivity contribution in [3.63, 3.8) is 0 Å². The standard InChI is InChI=1S/C32H31N3OS2/c1-31(2)19-22-26(29-33-23-17-11-12-18-24(23)37-29)30(38-27(22)32(3,4)35-31)34-28(36)25(20-13-7-5-8-14-20)21-15-9-6-10-16-21/h5-18,25,35H,19H2,1-4H3,(H,34,36). The Morgan fingerprint density at radius 1 is 0.868 bits per heavy atom. The van der Waals surface area contributed by atoms with Gasteiger partial charge in [0.2, 0.25) is 5.91 Å². The molecule has 0 aliphatic carbocycles. The first-order chi connectivity index (χ1) is 18.2. The quantitative estimate of drug-likeness (QED) is 0.239. The van der Waals surface area contributed by atoms with Crippen LogP contribution in [0.1, 0.15) is 55.2 Å². The van der Waals surface area contributed by atoms with Gasteiger partial charge in [-0.1, -0.05) is 72.8 Å². The first-order valence-corrected chi connectivity index (χ1v) is 14.6. The van der Waals surface area contributed by atoms with Crippen molar-refractivity contribution in [3.8, 4) is 10.6 Å². The van der Waals surface area contributed by atoms with Crippen molar-refractivity contribution in [1.82, 2.24) is 10.3 Å². The van der Waals surface area contributed by atoms with E-state index in [1.54, 1.807) is 22.7 Å². The topological polar surface area (TPSA) is 54.0 Å². The number of anilines is 1. The van der Waals surface area contributed by atoms with E-state index in [0.717, 1.165) is 43.3 Å². The monoisotopic (exact) mass is 537 g/mol. The molecule has 4 nitrogen and oxygen atoms in total. The molecule has 0 saturated heterocycles. The van der Waals surface area contributed by atoms with Crippen molar-refractivity contribution in [2.45, 2.75) is 51.1 Å². The molecule has 2 N–H and O–H groups in total. The Hall–Kier alpha value is -3.32. The van der Waals surface area contributed by atoms with Gasteiger partial charge in [-0.15, -0.1) is 22.7 Å². The van der Waals surface area contributed by atoms with Crippen LogP contribution in [0.4, 0.5) is 5.00 Å². The molecule has 1 aliphatic rings. The van der Waals surface area contributed by atoms with Gasteiger partial charge >= 0.3 is 0 Å². The molecule has 38 heavy (non-hydrogen) atoms. The number of hydrogen-bond acceptors (Lipinski definition) is 5. The Morgan fingerprint density at radius 3 is 2.11 bits per heavy atom. The lowest BCUT2D eigenvalue weighted by Crippen LogP contribution is -2.54. The number of carbonyl (C=O) groups is 1. The van der Waals surface area contributed by atoms with Crippen molar-refractivity contribution in [2.24, 2.45) is 0 Å². The molecule has 6 rings (SSSR count). The van der Waals surface area contributed by atoms with E-state index < -0.39 is 5.92 Å². The molecule has 0 unspecified atom stereocenters. The van der Waals surface area contributed by atoms with E-state index in [1.165, 1.54) is 10.4 Å². The Bertz CT molecular complexity index is 1540. The number of amides is 1. The zero-order valence-electron chi connectivity index (χ0n) is 22.0. The maximum absolute atomic E-state index is 14.1. The number of thiophene rings is 1. The summed E-state index contributed by atoms with van der Waals surface area (Å²) in [6, 6.07) is 28.3. The Kier molecular flexibility index (Phi) is 6.22. The molecule has 1 amide bonds. The fraction of sp³-hybridized carbons (Fsp3) is 0.250. The third kappa shape index (κ3) is 4.57.